The third-order valence-electron chi connectivity index (χ3n) is 2.93. The molecule has 0 unspecified atom stereocenters. The molecule has 3 nitrogen and oxygen atoms in total. The first-order valence-electron chi connectivity index (χ1n) is 5.65. The predicted molar refractivity (Wildman–Crippen MR) is 71.8 cm³/mol. The molecule has 1 aromatic rings. The molecule has 0 radical (unpaired) electrons. The molecule has 1 aliphatic rings. The molecule has 2 rings (SSSR count). The number of halogens is 5. The van der Waals surface area contributed by atoms with Crippen LogP contribution in [0.5, 0.6) is 0 Å². The van der Waals surface area contributed by atoms with Gasteiger partial charge in [0.05, 0.1) is 22.3 Å². The summed E-state index contributed by atoms with van der Waals surface area (Å²) in [5.74, 6) is -0.616. The lowest BCUT2D eigenvalue weighted by Gasteiger charge is -2.35. The molecule has 1 aromatic carbocycles. The van der Waals surface area contributed by atoms with Gasteiger partial charge < -0.3 is 9.64 Å². The molecule has 0 N–H and O–H groups in total. The molecule has 0 aliphatic carbocycles. The van der Waals surface area contributed by atoms with Crippen molar-refractivity contribution in [3.8, 4) is 6.07 Å². The Hall–Kier alpha value is -1.08. The Balaban J connectivity index is 2.28. The van der Waals surface area contributed by atoms with Gasteiger partial charge in [0.15, 0.2) is 6.10 Å². The van der Waals surface area contributed by atoms with E-state index in [0.29, 0.717) is 0 Å². The van der Waals surface area contributed by atoms with Crippen molar-refractivity contribution >= 4 is 28.3 Å². The van der Waals surface area contributed by atoms with Crippen molar-refractivity contribution in [2.45, 2.75) is 12.3 Å². The second-order valence-corrected chi connectivity index (χ2v) is 5.33. The minimum atomic E-state index is -4.46. The molecule has 20 heavy (non-hydrogen) atoms. The molecule has 0 amide bonds. The fraction of sp³-hybridized carbons (Fsp3) is 0.417. The van der Waals surface area contributed by atoms with Crippen LogP contribution in [-0.4, -0.2) is 32.0 Å². The summed E-state index contributed by atoms with van der Waals surface area (Å²) >= 11 is 1.69. The zero-order valence-electron chi connectivity index (χ0n) is 10.0. The highest BCUT2D eigenvalue weighted by Crippen LogP contribution is 2.30. The van der Waals surface area contributed by atoms with Crippen LogP contribution < -0.4 is 4.90 Å². The highest BCUT2D eigenvalue weighted by Gasteiger charge is 2.43. The highest BCUT2D eigenvalue weighted by atomic mass is 127. The largest absolute Gasteiger partial charge is 0.416 e. The lowest BCUT2D eigenvalue weighted by molar-refractivity contribution is -0.221. The molecule has 108 valence electrons. The van der Waals surface area contributed by atoms with Gasteiger partial charge in [0.25, 0.3) is 0 Å². The van der Waals surface area contributed by atoms with Crippen LogP contribution in [0.2, 0.25) is 0 Å². The van der Waals surface area contributed by atoms with Crippen molar-refractivity contribution in [1.29, 1.82) is 5.26 Å². The minimum Gasteiger partial charge on any atom is -0.366 e. The van der Waals surface area contributed by atoms with Crippen LogP contribution in [0.4, 0.5) is 23.2 Å². The van der Waals surface area contributed by atoms with Gasteiger partial charge in [0.2, 0.25) is 0 Å². The van der Waals surface area contributed by atoms with Crippen molar-refractivity contribution in [3.63, 3.8) is 0 Å². The van der Waals surface area contributed by atoms with Gasteiger partial charge in [-0.3, -0.25) is 0 Å². The summed E-state index contributed by atoms with van der Waals surface area (Å²) in [5, 5.41) is 8.90. The molecule has 0 aromatic heterocycles. The van der Waals surface area contributed by atoms with Crippen LogP contribution in [0, 0.1) is 20.7 Å². The van der Waals surface area contributed by atoms with Crippen molar-refractivity contribution in [3.05, 3.63) is 27.1 Å². The topological polar surface area (TPSA) is 36.3 Å². The molecule has 0 saturated carbocycles. The number of alkyl halides is 3. The third-order valence-corrected chi connectivity index (χ3v) is 4.03. The summed E-state index contributed by atoms with van der Waals surface area (Å²) in [4.78, 5) is 1.38. The molecule has 1 fully saturated rings. The van der Waals surface area contributed by atoms with E-state index in [4.69, 9.17) is 5.26 Å². The summed E-state index contributed by atoms with van der Waals surface area (Å²) in [6, 6.07) is 4.36. The lowest BCUT2D eigenvalue weighted by atomic mass is 10.1. The van der Waals surface area contributed by atoms with Crippen LogP contribution in [0.1, 0.15) is 5.56 Å². The molecule has 1 aliphatic heterocycles. The van der Waals surface area contributed by atoms with E-state index in [-0.39, 0.29) is 28.0 Å². The van der Waals surface area contributed by atoms with E-state index in [2.05, 4.69) is 4.74 Å². The Kier molecular flexibility index (Phi) is 4.39. The number of benzene rings is 1. The molecule has 0 spiro atoms. The van der Waals surface area contributed by atoms with Gasteiger partial charge in [-0.05, 0) is 34.7 Å². The fourth-order valence-corrected chi connectivity index (χ4v) is 2.35. The average Bonchev–Trinajstić information content (AvgIpc) is 2.41. The van der Waals surface area contributed by atoms with Gasteiger partial charge in [0, 0.05) is 12.2 Å². The van der Waals surface area contributed by atoms with Gasteiger partial charge >= 0.3 is 6.18 Å². The molecule has 0 bridgehead atoms. The first-order chi connectivity index (χ1) is 9.32. The summed E-state index contributed by atoms with van der Waals surface area (Å²) in [6.07, 6.45) is -6.36. The smallest absolute Gasteiger partial charge is 0.366 e. The second kappa shape index (κ2) is 5.73. The van der Waals surface area contributed by atoms with E-state index in [1.807, 2.05) is 6.07 Å². The summed E-state index contributed by atoms with van der Waals surface area (Å²) < 4.78 is 56.4. The standard InChI is InChI=1S/C12H9F4IN2O/c13-9-4-8(3-7(5-18)11(9)17)19-1-2-20-10(6-19)12(14,15)16/h3-4,10H,1-2,6H2/t10-/m0/s1. The SMILES string of the molecule is N#Cc1cc(N2CCO[C@H](C(F)(F)F)C2)cc(F)c1I. The third kappa shape index (κ3) is 3.15. The van der Waals surface area contributed by atoms with Crippen LogP contribution >= 0.6 is 22.6 Å². The van der Waals surface area contributed by atoms with Crippen molar-refractivity contribution < 1.29 is 22.3 Å². The van der Waals surface area contributed by atoms with E-state index in [0.717, 1.165) is 6.07 Å². The Labute approximate surface area is 126 Å². The second-order valence-electron chi connectivity index (χ2n) is 4.25. The summed E-state index contributed by atoms with van der Waals surface area (Å²) in [5.41, 5.74) is 0.368. The number of anilines is 1. The number of rotatable bonds is 1. The Morgan fingerprint density at radius 3 is 2.70 bits per heavy atom. The first-order valence-corrected chi connectivity index (χ1v) is 6.73. The van der Waals surface area contributed by atoms with E-state index in [9.17, 15) is 17.6 Å². The number of nitrogens with zero attached hydrogens (tertiary/aromatic N) is 2. The predicted octanol–water partition coefficient (Wildman–Crippen LogP) is 3.07. The lowest BCUT2D eigenvalue weighted by Crippen LogP contribution is -2.49. The average molecular weight is 400 g/mol. The molecular formula is C12H9F4IN2O. The Morgan fingerprint density at radius 2 is 2.10 bits per heavy atom. The van der Waals surface area contributed by atoms with E-state index in [1.165, 1.54) is 11.0 Å². The zero-order valence-corrected chi connectivity index (χ0v) is 12.2. The maximum Gasteiger partial charge on any atom is 0.416 e. The summed E-state index contributed by atoms with van der Waals surface area (Å²) in [6.45, 7) is -0.286. The van der Waals surface area contributed by atoms with E-state index < -0.39 is 24.6 Å². The summed E-state index contributed by atoms with van der Waals surface area (Å²) in [7, 11) is 0. The van der Waals surface area contributed by atoms with Crippen LogP contribution in [0.15, 0.2) is 12.1 Å². The maximum atomic E-state index is 13.7. The van der Waals surface area contributed by atoms with Gasteiger partial charge in [0.1, 0.15) is 11.9 Å². The van der Waals surface area contributed by atoms with Gasteiger partial charge in [-0.25, -0.2) is 4.39 Å². The molecule has 1 atom stereocenters. The van der Waals surface area contributed by atoms with Gasteiger partial charge in [-0.1, -0.05) is 0 Å². The quantitative estimate of drug-likeness (QED) is 0.537. The normalized spacial score (nSPS) is 19.8. The molecule has 1 saturated heterocycles. The van der Waals surface area contributed by atoms with Gasteiger partial charge in [-0.2, -0.15) is 18.4 Å². The fourth-order valence-electron chi connectivity index (χ4n) is 1.92. The number of hydrogen-bond acceptors (Lipinski definition) is 3. The van der Waals surface area contributed by atoms with E-state index >= 15 is 0 Å². The van der Waals surface area contributed by atoms with E-state index in [1.54, 1.807) is 22.6 Å². The van der Waals surface area contributed by atoms with Crippen LogP contribution in [-0.2, 0) is 4.74 Å². The van der Waals surface area contributed by atoms with Crippen LogP contribution in [0.3, 0.4) is 0 Å². The highest BCUT2D eigenvalue weighted by molar-refractivity contribution is 14.1. The number of hydrogen-bond donors (Lipinski definition) is 0. The molecule has 8 heteroatoms. The molecular weight excluding hydrogens is 391 g/mol. The molecule has 1 heterocycles. The Bertz CT molecular complexity index is 556. The number of morpholine rings is 1. The maximum absolute atomic E-state index is 13.7. The number of ether oxygens (including phenoxy) is 1. The first kappa shape index (κ1) is 15.3. The zero-order chi connectivity index (χ0) is 14.9. The van der Waals surface area contributed by atoms with Crippen molar-refractivity contribution in [2.24, 2.45) is 0 Å². The Morgan fingerprint density at radius 1 is 1.40 bits per heavy atom. The van der Waals surface area contributed by atoms with Crippen molar-refractivity contribution in [2.75, 3.05) is 24.6 Å². The minimum absolute atomic E-state index is 0.0976. The van der Waals surface area contributed by atoms with Crippen molar-refractivity contribution in [1.82, 2.24) is 0 Å². The number of nitriles is 1. The van der Waals surface area contributed by atoms with Gasteiger partial charge in [-0.15, -0.1) is 0 Å². The van der Waals surface area contributed by atoms with Crippen LogP contribution in [0.25, 0.3) is 0 Å². The monoisotopic (exact) mass is 400 g/mol.